The van der Waals surface area contributed by atoms with E-state index in [1.165, 1.54) is 12.8 Å². The van der Waals surface area contributed by atoms with Gasteiger partial charge in [0, 0.05) is 18.7 Å². The Morgan fingerprint density at radius 1 is 1.40 bits per heavy atom. The summed E-state index contributed by atoms with van der Waals surface area (Å²) in [4.78, 5) is 13.8. The minimum Gasteiger partial charge on any atom is -0.456 e. The van der Waals surface area contributed by atoms with E-state index in [0.717, 1.165) is 31.0 Å². The topological polar surface area (TPSA) is 71.5 Å². The lowest BCUT2D eigenvalue weighted by Crippen LogP contribution is -2.30. The molecule has 1 aromatic rings. The maximum absolute atomic E-state index is 11.5. The summed E-state index contributed by atoms with van der Waals surface area (Å²) < 4.78 is 5.45. The number of hydrogen-bond donors (Lipinski definition) is 2. The van der Waals surface area contributed by atoms with Gasteiger partial charge >= 0.3 is 5.91 Å². The molecule has 1 heterocycles. The molecule has 1 aromatic heterocycles. The number of nitrogen functional groups attached to an aromatic ring is 1. The van der Waals surface area contributed by atoms with Gasteiger partial charge in [0.25, 0.3) is 0 Å². The second-order valence-corrected chi connectivity index (χ2v) is 5.18. The summed E-state index contributed by atoms with van der Waals surface area (Å²) in [5.41, 5.74) is 3.15. The summed E-state index contributed by atoms with van der Waals surface area (Å²) in [6.45, 7) is 11.4. The largest absolute Gasteiger partial charge is 0.456 e. The zero-order valence-corrected chi connectivity index (χ0v) is 13.0. The Hall–Kier alpha value is -1.33. The first kappa shape index (κ1) is 16.7. The van der Waals surface area contributed by atoms with Gasteiger partial charge in [0.1, 0.15) is 5.76 Å². The number of hydrazine groups is 1. The number of nitrogens with zero attached hydrogens (tertiary/aromatic N) is 1. The molecule has 5 nitrogen and oxygen atoms in total. The number of nitrogens with two attached hydrogens (primary N) is 1. The fourth-order valence-corrected chi connectivity index (χ4v) is 2.32. The van der Waals surface area contributed by atoms with Crippen LogP contribution in [0.2, 0.25) is 0 Å². The van der Waals surface area contributed by atoms with Gasteiger partial charge in [-0.1, -0.05) is 33.6 Å². The monoisotopic (exact) mass is 281 g/mol. The molecule has 114 valence electrons. The number of amides is 1. The van der Waals surface area contributed by atoms with Crippen LogP contribution in [0.4, 0.5) is 0 Å². The van der Waals surface area contributed by atoms with E-state index in [0.29, 0.717) is 5.92 Å². The first-order valence-electron chi connectivity index (χ1n) is 7.38. The van der Waals surface area contributed by atoms with Gasteiger partial charge in [-0.05, 0) is 25.5 Å². The molecule has 0 unspecified atom stereocenters. The smallest absolute Gasteiger partial charge is 0.300 e. The number of aryl methyl sites for hydroxylation is 1. The van der Waals surface area contributed by atoms with Crippen LogP contribution in [-0.4, -0.2) is 23.9 Å². The molecule has 0 aliphatic heterocycles. The van der Waals surface area contributed by atoms with E-state index < -0.39 is 0 Å². The molecule has 0 aliphatic carbocycles. The molecule has 1 amide bonds. The molecule has 0 fully saturated rings. The van der Waals surface area contributed by atoms with Crippen LogP contribution in [0.25, 0.3) is 0 Å². The molecule has 0 saturated carbocycles. The molecule has 0 aliphatic rings. The highest BCUT2D eigenvalue weighted by atomic mass is 16.4. The lowest BCUT2D eigenvalue weighted by Gasteiger charge is -2.24. The Bertz CT molecular complexity index is 425. The van der Waals surface area contributed by atoms with Gasteiger partial charge in [0.05, 0.1) is 0 Å². The summed E-state index contributed by atoms with van der Waals surface area (Å²) in [5, 5.41) is 0. The molecule has 0 atom stereocenters. The zero-order chi connectivity index (χ0) is 15.1. The van der Waals surface area contributed by atoms with Crippen molar-refractivity contribution in [1.29, 1.82) is 0 Å². The average molecular weight is 281 g/mol. The van der Waals surface area contributed by atoms with Crippen LogP contribution in [0, 0.1) is 12.8 Å². The van der Waals surface area contributed by atoms with Gasteiger partial charge in [0.2, 0.25) is 0 Å². The minimum atomic E-state index is -0.387. The molecule has 5 heteroatoms. The van der Waals surface area contributed by atoms with E-state index >= 15 is 0 Å². The maximum atomic E-state index is 11.5. The zero-order valence-electron chi connectivity index (χ0n) is 13.0. The fourth-order valence-electron chi connectivity index (χ4n) is 2.32. The van der Waals surface area contributed by atoms with Crippen molar-refractivity contribution in [2.75, 3.05) is 13.1 Å². The van der Waals surface area contributed by atoms with Gasteiger partial charge in [-0.25, -0.2) is 5.84 Å². The van der Waals surface area contributed by atoms with Gasteiger partial charge in [-0.2, -0.15) is 0 Å². The van der Waals surface area contributed by atoms with Crippen molar-refractivity contribution in [1.82, 2.24) is 10.3 Å². The van der Waals surface area contributed by atoms with E-state index in [2.05, 4.69) is 31.1 Å². The molecule has 20 heavy (non-hydrogen) atoms. The summed E-state index contributed by atoms with van der Waals surface area (Å²) in [7, 11) is 0. The van der Waals surface area contributed by atoms with Gasteiger partial charge in [-0.15, -0.1) is 0 Å². The molecule has 0 aromatic carbocycles. The third-order valence-corrected chi connectivity index (χ3v) is 3.89. The number of hydrogen-bond acceptors (Lipinski definition) is 4. The van der Waals surface area contributed by atoms with Crippen LogP contribution in [0.3, 0.4) is 0 Å². The van der Waals surface area contributed by atoms with Crippen molar-refractivity contribution in [3.05, 3.63) is 23.2 Å². The van der Waals surface area contributed by atoms with Crippen molar-refractivity contribution < 1.29 is 9.21 Å². The molecule has 0 radical (unpaired) electrons. The average Bonchev–Trinajstić information content (AvgIpc) is 2.83. The van der Waals surface area contributed by atoms with Crippen molar-refractivity contribution in [2.24, 2.45) is 11.8 Å². The van der Waals surface area contributed by atoms with Gasteiger partial charge in [-0.3, -0.25) is 15.1 Å². The Labute approximate surface area is 121 Å². The van der Waals surface area contributed by atoms with Crippen molar-refractivity contribution >= 4 is 5.91 Å². The lowest BCUT2D eigenvalue weighted by atomic mass is 10.0. The molecule has 1 rings (SSSR count). The second kappa shape index (κ2) is 8.07. The molecule has 3 N–H and O–H groups in total. The minimum absolute atomic E-state index is 0.276. The van der Waals surface area contributed by atoms with Gasteiger partial charge < -0.3 is 4.42 Å². The Morgan fingerprint density at radius 2 is 2.05 bits per heavy atom. The quantitative estimate of drug-likeness (QED) is 0.436. The van der Waals surface area contributed by atoms with Crippen LogP contribution in [0.15, 0.2) is 10.5 Å². The fraction of sp³-hybridized carbons (Fsp3) is 0.667. The van der Waals surface area contributed by atoms with Crippen LogP contribution >= 0.6 is 0 Å². The first-order valence-corrected chi connectivity index (χ1v) is 7.38. The number of carbonyl (C=O) groups is 1. The molecular weight excluding hydrogens is 254 g/mol. The Balaban J connectivity index is 2.74. The van der Waals surface area contributed by atoms with E-state index in [4.69, 9.17) is 10.3 Å². The second-order valence-electron chi connectivity index (χ2n) is 5.18. The van der Waals surface area contributed by atoms with Crippen molar-refractivity contribution in [3.8, 4) is 0 Å². The van der Waals surface area contributed by atoms with Crippen LogP contribution in [0.1, 0.15) is 55.5 Å². The maximum Gasteiger partial charge on any atom is 0.300 e. The Kier molecular flexibility index (Phi) is 6.75. The number of furan rings is 1. The normalized spacial score (nSPS) is 11.3. The van der Waals surface area contributed by atoms with Crippen molar-refractivity contribution in [3.63, 3.8) is 0 Å². The standard InChI is InChI=1S/C15H27N3O2/c1-5-12(6-2)9-18(7-3)10-13-8-14(15(19)17-16)20-11(13)4/h8,12H,5-7,9-10,16H2,1-4H3,(H,17,19). The van der Waals surface area contributed by atoms with Crippen LogP contribution < -0.4 is 11.3 Å². The highest BCUT2D eigenvalue weighted by molar-refractivity contribution is 5.91. The SMILES string of the molecule is CCC(CC)CN(CC)Cc1cc(C(=O)NN)oc1C. The molecular formula is C15H27N3O2. The number of nitrogens with one attached hydrogen (secondary N) is 1. The van der Waals surface area contributed by atoms with E-state index in [-0.39, 0.29) is 11.7 Å². The molecule has 0 bridgehead atoms. The predicted molar refractivity (Wildman–Crippen MR) is 80.1 cm³/mol. The summed E-state index contributed by atoms with van der Waals surface area (Å²) in [6.07, 6.45) is 2.39. The van der Waals surface area contributed by atoms with E-state index in [1.807, 2.05) is 6.92 Å². The van der Waals surface area contributed by atoms with Crippen LogP contribution in [0.5, 0.6) is 0 Å². The van der Waals surface area contributed by atoms with Gasteiger partial charge in [0.15, 0.2) is 5.76 Å². The summed E-state index contributed by atoms with van der Waals surface area (Å²) >= 11 is 0. The van der Waals surface area contributed by atoms with E-state index in [1.54, 1.807) is 6.07 Å². The molecule has 0 spiro atoms. The lowest BCUT2D eigenvalue weighted by molar-refractivity contribution is 0.0924. The third-order valence-electron chi connectivity index (χ3n) is 3.89. The molecule has 0 saturated heterocycles. The summed E-state index contributed by atoms with van der Waals surface area (Å²) in [6, 6.07) is 1.78. The highest BCUT2D eigenvalue weighted by Crippen LogP contribution is 2.18. The van der Waals surface area contributed by atoms with Crippen molar-refractivity contribution in [2.45, 2.75) is 47.1 Å². The summed E-state index contributed by atoms with van der Waals surface area (Å²) in [5.74, 6) is 6.51. The predicted octanol–water partition coefficient (Wildman–Crippen LogP) is 2.45. The third kappa shape index (κ3) is 4.35. The number of carbonyl (C=O) groups excluding carboxylic acids is 1. The van der Waals surface area contributed by atoms with E-state index in [9.17, 15) is 4.79 Å². The Morgan fingerprint density at radius 3 is 2.55 bits per heavy atom. The first-order chi connectivity index (χ1) is 9.55. The number of rotatable bonds is 8. The van der Waals surface area contributed by atoms with Crippen LogP contribution in [-0.2, 0) is 6.54 Å². The highest BCUT2D eigenvalue weighted by Gasteiger charge is 2.16.